The molecule has 0 aliphatic carbocycles. The van der Waals surface area contributed by atoms with E-state index in [-0.39, 0.29) is 17.9 Å². The molecule has 7 nitrogen and oxygen atoms in total. The molecular weight excluding hydrogens is 398 g/mol. The number of nitrogens with zero attached hydrogens (tertiary/aromatic N) is 1. The van der Waals surface area contributed by atoms with E-state index in [9.17, 15) is 9.59 Å². The SMILES string of the molecule is CC(=O)NCc1ccc(-c2nc(NC(=O)CCOCC3CCCO3)sc2C)s1. The van der Waals surface area contributed by atoms with Crippen molar-refractivity contribution < 1.29 is 19.1 Å². The second-order valence-corrected chi connectivity index (χ2v) is 8.98. The predicted octanol–water partition coefficient (Wildman–Crippen LogP) is 3.34. The fourth-order valence-corrected chi connectivity index (χ4v) is 4.73. The van der Waals surface area contributed by atoms with Crippen molar-refractivity contribution in [3.05, 3.63) is 21.9 Å². The summed E-state index contributed by atoms with van der Waals surface area (Å²) in [6.07, 6.45) is 2.58. The lowest BCUT2D eigenvalue weighted by Gasteiger charge is -2.09. The Labute approximate surface area is 172 Å². The average Bonchev–Trinajstić information content (AvgIpc) is 3.38. The number of thiazole rings is 1. The molecule has 0 radical (unpaired) electrons. The first-order valence-electron chi connectivity index (χ1n) is 9.31. The number of anilines is 1. The molecular formula is C19H25N3O4S2. The minimum absolute atomic E-state index is 0.0514. The number of carbonyl (C=O) groups excluding carboxylic acids is 2. The van der Waals surface area contributed by atoms with Gasteiger partial charge in [0.15, 0.2) is 5.13 Å². The topological polar surface area (TPSA) is 89.6 Å². The smallest absolute Gasteiger partial charge is 0.228 e. The molecule has 0 aromatic carbocycles. The minimum atomic E-state index is -0.106. The average molecular weight is 424 g/mol. The standard InChI is InChI=1S/C19H25N3O4S2/c1-12-18(16-6-5-15(28-16)10-20-13(2)23)22-19(27-12)21-17(24)7-9-25-11-14-4-3-8-26-14/h5-6,14H,3-4,7-11H2,1-2H3,(H,20,23)(H,21,22,24). The van der Waals surface area contributed by atoms with Gasteiger partial charge < -0.3 is 20.1 Å². The second kappa shape index (κ2) is 10.1. The molecule has 2 aromatic heterocycles. The van der Waals surface area contributed by atoms with Crippen LogP contribution in [0.25, 0.3) is 10.6 Å². The Kier molecular flexibility index (Phi) is 7.55. The highest BCUT2D eigenvalue weighted by molar-refractivity contribution is 7.18. The van der Waals surface area contributed by atoms with Crippen molar-refractivity contribution in [2.24, 2.45) is 0 Å². The summed E-state index contributed by atoms with van der Waals surface area (Å²) in [5.41, 5.74) is 0.869. The molecule has 0 bridgehead atoms. The van der Waals surface area contributed by atoms with E-state index in [1.165, 1.54) is 18.3 Å². The van der Waals surface area contributed by atoms with E-state index in [1.807, 2.05) is 19.1 Å². The lowest BCUT2D eigenvalue weighted by Crippen LogP contribution is -2.18. The normalized spacial score (nSPS) is 16.3. The first-order chi connectivity index (χ1) is 13.5. The molecule has 1 atom stereocenters. The summed E-state index contributed by atoms with van der Waals surface area (Å²) in [7, 11) is 0. The van der Waals surface area contributed by atoms with E-state index in [0.717, 1.165) is 39.8 Å². The van der Waals surface area contributed by atoms with Gasteiger partial charge in [-0.05, 0) is 31.9 Å². The number of thiophene rings is 1. The molecule has 2 aromatic rings. The van der Waals surface area contributed by atoms with Crippen LogP contribution in [0.4, 0.5) is 5.13 Å². The van der Waals surface area contributed by atoms with Crippen LogP contribution in [0, 0.1) is 6.92 Å². The highest BCUT2D eigenvalue weighted by Crippen LogP contribution is 2.34. The molecule has 1 fully saturated rings. The maximum atomic E-state index is 12.1. The minimum Gasteiger partial charge on any atom is -0.378 e. The fraction of sp³-hybridized carbons (Fsp3) is 0.526. The van der Waals surface area contributed by atoms with E-state index in [0.29, 0.717) is 31.3 Å². The fourth-order valence-electron chi connectivity index (χ4n) is 2.83. The quantitative estimate of drug-likeness (QED) is 0.604. The number of hydrogen-bond donors (Lipinski definition) is 2. The van der Waals surface area contributed by atoms with E-state index in [1.54, 1.807) is 11.3 Å². The molecule has 3 rings (SSSR count). The van der Waals surface area contributed by atoms with Crippen molar-refractivity contribution in [3.8, 4) is 10.6 Å². The number of aryl methyl sites for hydroxylation is 1. The van der Waals surface area contributed by atoms with Crippen LogP contribution >= 0.6 is 22.7 Å². The number of hydrogen-bond acceptors (Lipinski definition) is 7. The Morgan fingerprint density at radius 1 is 1.36 bits per heavy atom. The van der Waals surface area contributed by atoms with Gasteiger partial charge in [0.25, 0.3) is 0 Å². The molecule has 0 spiro atoms. The van der Waals surface area contributed by atoms with E-state index >= 15 is 0 Å². The Morgan fingerprint density at radius 2 is 2.21 bits per heavy atom. The zero-order valence-corrected chi connectivity index (χ0v) is 17.7. The predicted molar refractivity (Wildman–Crippen MR) is 111 cm³/mol. The Bertz CT molecular complexity index is 812. The van der Waals surface area contributed by atoms with Gasteiger partial charge in [-0.15, -0.1) is 22.7 Å². The maximum absolute atomic E-state index is 12.1. The van der Waals surface area contributed by atoms with Gasteiger partial charge in [0.05, 0.1) is 42.9 Å². The largest absolute Gasteiger partial charge is 0.378 e. The van der Waals surface area contributed by atoms with E-state index in [2.05, 4.69) is 15.6 Å². The highest BCUT2D eigenvalue weighted by atomic mass is 32.1. The number of ether oxygens (including phenoxy) is 2. The van der Waals surface area contributed by atoms with Crippen LogP contribution in [-0.2, 0) is 25.6 Å². The van der Waals surface area contributed by atoms with Crippen LogP contribution < -0.4 is 10.6 Å². The Balaban J connectivity index is 1.47. The first kappa shape index (κ1) is 20.9. The number of amides is 2. The van der Waals surface area contributed by atoms with Gasteiger partial charge in [0.2, 0.25) is 11.8 Å². The van der Waals surface area contributed by atoms with Crippen LogP contribution in [0.3, 0.4) is 0 Å². The van der Waals surface area contributed by atoms with Gasteiger partial charge in [0, 0.05) is 23.3 Å². The van der Waals surface area contributed by atoms with Gasteiger partial charge in [-0.1, -0.05) is 0 Å². The summed E-state index contributed by atoms with van der Waals surface area (Å²) in [5, 5.41) is 6.24. The molecule has 1 saturated heterocycles. The van der Waals surface area contributed by atoms with Gasteiger partial charge >= 0.3 is 0 Å². The van der Waals surface area contributed by atoms with E-state index in [4.69, 9.17) is 9.47 Å². The van der Waals surface area contributed by atoms with Gasteiger partial charge in [-0.25, -0.2) is 4.98 Å². The lowest BCUT2D eigenvalue weighted by atomic mass is 10.2. The lowest BCUT2D eigenvalue weighted by molar-refractivity contribution is -0.119. The van der Waals surface area contributed by atoms with Crippen LogP contribution in [-0.4, -0.2) is 42.7 Å². The van der Waals surface area contributed by atoms with Crippen LogP contribution in [0.1, 0.15) is 35.9 Å². The van der Waals surface area contributed by atoms with Crippen LogP contribution in [0.15, 0.2) is 12.1 Å². The molecule has 28 heavy (non-hydrogen) atoms. The van der Waals surface area contributed by atoms with Crippen molar-refractivity contribution in [1.29, 1.82) is 0 Å². The third-order valence-corrected chi connectivity index (χ3v) is 6.23. The third kappa shape index (κ3) is 6.10. The molecule has 9 heteroatoms. The molecule has 0 saturated carbocycles. The molecule has 1 aliphatic rings. The Morgan fingerprint density at radius 3 is 2.96 bits per heavy atom. The monoisotopic (exact) mass is 423 g/mol. The zero-order chi connectivity index (χ0) is 19.9. The maximum Gasteiger partial charge on any atom is 0.228 e. The zero-order valence-electron chi connectivity index (χ0n) is 16.1. The first-order valence-corrected chi connectivity index (χ1v) is 10.9. The number of carbonyl (C=O) groups is 2. The van der Waals surface area contributed by atoms with Gasteiger partial charge in [-0.3, -0.25) is 9.59 Å². The summed E-state index contributed by atoms with van der Waals surface area (Å²) in [6, 6.07) is 3.98. The molecule has 152 valence electrons. The number of aromatic nitrogens is 1. The van der Waals surface area contributed by atoms with Crippen molar-refractivity contribution in [2.45, 2.75) is 45.8 Å². The molecule has 2 amide bonds. The summed E-state index contributed by atoms with van der Waals surface area (Å²) in [6.45, 7) is 5.73. The molecule has 1 aliphatic heterocycles. The van der Waals surface area contributed by atoms with Gasteiger partial charge in [-0.2, -0.15) is 0 Å². The van der Waals surface area contributed by atoms with Crippen molar-refractivity contribution >= 4 is 39.6 Å². The summed E-state index contributed by atoms with van der Waals surface area (Å²) < 4.78 is 11.0. The highest BCUT2D eigenvalue weighted by Gasteiger charge is 2.16. The van der Waals surface area contributed by atoms with Crippen molar-refractivity contribution in [3.63, 3.8) is 0 Å². The molecule has 1 unspecified atom stereocenters. The van der Waals surface area contributed by atoms with E-state index < -0.39 is 0 Å². The van der Waals surface area contributed by atoms with Crippen LogP contribution in [0.5, 0.6) is 0 Å². The summed E-state index contributed by atoms with van der Waals surface area (Å²) >= 11 is 3.05. The molecule has 3 heterocycles. The number of rotatable bonds is 9. The van der Waals surface area contributed by atoms with Crippen LogP contribution in [0.2, 0.25) is 0 Å². The van der Waals surface area contributed by atoms with Crippen molar-refractivity contribution in [1.82, 2.24) is 10.3 Å². The Hall–Kier alpha value is -1.81. The second-order valence-electron chi connectivity index (χ2n) is 6.61. The number of nitrogens with one attached hydrogen (secondary N) is 2. The van der Waals surface area contributed by atoms with Gasteiger partial charge in [0.1, 0.15) is 0 Å². The summed E-state index contributed by atoms with van der Waals surface area (Å²) in [5.74, 6) is -0.158. The molecule has 2 N–H and O–H groups in total. The summed E-state index contributed by atoms with van der Waals surface area (Å²) in [4.78, 5) is 30.9. The third-order valence-electron chi connectivity index (χ3n) is 4.25. The van der Waals surface area contributed by atoms with Crippen molar-refractivity contribution in [2.75, 3.05) is 25.1 Å².